The summed E-state index contributed by atoms with van der Waals surface area (Å²) < 4.78 is 0. The molecule has 3 atom stereocenters. The molecule has 0 aromatic heterocycles. The molecule has 4 nitrogen and oxygen atoms in total. The van der Waals surface area contributed by atoms with Crippen molar-refractivity contribution in [3.05, 3.63) is 0 Å². The van der Waals surface area contributed by atoms with Crippen LogP contribution in [0, 0.1) is 11.3 Å². The third-order valence-corrected chi connectivity index (χ3v) is 3.74. The molecule has 1 amide bonds. The van der Waals surface area contributed by atoms with Gasteiger partial charge in [-0.05, 0) is 19.3 Å². The molecule has 4 heteroatoms. The van der Waals surface area contributed by atoms with Crippen molar-refractivity contribution in [2.24, 2.45) is 11.3 Å². The fourth-order valence-electron chi connectivity index (χ4n) is 2.02. The summed E-state index contributed by atoms with van der Waals surface area (Å²) in [7, 11) is 0. The molecule has 3 unspecified atom stereocenters. The Morgan fingerprint density at radius 2 is 2.00 bits per heavy atom. The number of carbonyl (C=O) groups excluding carboxylic acids is 1. The van der Waals surface area contributed by atoms with E-state index in [9.17, 15) is 9.90 Å². The molecule has 0 radical (unpaired) electrons. The van der Waals surface area contributed by atoms with Crippen LogP contribution in [0.3, 0.4) is 0 Å². The van der Waals surface area contributed by atoms with Gasteiger partial charge in [0.15, 0.2) is 0 Å². The van der Waals surface area contributed by atoms with E-state index in [4.69, 9.17) is 0 Å². The van der Waals surface area contributed by atoms with Gasteiger partial charge in [0.05, 0.1) is 12.1 Å². The van der Waals surface area contributed by atoms with Crippen molar-refractivity contribution < 1.29 is 9.90 Å². The molecule has 1 saturated carbocycles. The SMILES string of the molecule is CC(C)CNC(=O)C(C)NC1CC(O)C1(C)C. The summed E-state index contributed by atoms with van der Waals surface area (Å²) in [5.74, 6) is 0.504. The minimum absolute atomic E-state index is 0.0379. The third kappa shape index (κ3) is 3.42. The lowest BCUT2D eigenvalue weighted by molar-refractivity contribution is -0.125. The van der Waals surface area contributed by atoms with Gasteiger partial charge < -0.3 is 15.7 Å². The Labute approximate surface area is 104 Å². The predicted molar refractivity (Wildman–Crippen MR) is 68.6 cm³/mol. The van der Waals surface area contributed by atoms with Crippen molar-refractivity contribution in [1.82, 2.24) is 10.6 Å². The summed E-state index contributed by atoms with van der Waals surface area (Å²) in [4.78, 5) is 11.8. The average molecular weight is 242 g/mol. The van der Waals surface area contributed by atoms with Crippen molar-refractivity contribution in [1.29, 1.82) is 0 Å². The molecule has 1 aliphatic rings. The molecular formula is C13H26N2O2. The van der Waals surface area contributed by atoms with E-state index >= 15 is 0 Å². The van der Waals surface area contributed by atoms with E-state index in [1.165, 1.54) is 0 Å². The van der Waals surface area contributed by atoms with E-state index < -0.39 is 0 Å². The van der Waals surface area contributed by atoms with Crippen LogP contribution in [0.1, 0.15) is 41.0 Å². The summed E-state index contributed by atoms with van der Waals surface area (Å²) in [5, 5.41) is 15.8. The lowest BCUT2D eigenvalue weighted by Crippen LogP contribution is -2.63. The smallest absolute Gasteiger partial charge is 0.236 e. The Morgan fingerprint density at radius 3 is 2.41 bits per heavy atom. The highest BCUT2D eigenvalue weighted by Gasteiger charge is 2.47. The third-order valence-electron chi connectivity index (χ3n) is 3.74. The second-order valence-corrected chi connectivity index (χ2v) is 6.15. The van der Waals surface area contributed by atoms with E-state index in [1.54, 1.807) is 0 Å². The molecule has 0 aromatic rings. The Kier molecular flexibility index (Phi) is 4.55. The number of aliphatic hydroxyl groups is 1. The van der Waals surface area contributed by atoms with Crippen LogP contribution in [0.15, 0.2) is 0 Å². The van der Waals surface area contributed by atoms with Gasteiger partial charge in [0.25, 0.3) is 0 Å². The van der Waals surface area contributed by atoms with Crippen molar-refractivity contribution in [2.75, 3.05) is 6.54 Å². The van der Waals surface area contributed by atoms with E-state index in [0.717, 1.165) is 6.42 Å². The molecule has 0 bridgehead atoms. The summed E-state index contributed by atoms with van der Waals surface area (Å²) >= 11 is 0. The first-order valence-electron chi connectivity index (χ1n) is 6.47. The first kappa shape index (κ1) is 14.5. The van der Waals surface area contributed by atoms with Gasteiger partial charge in [-0.2, -0.15) is 0 Å². The monoisotopic (exact) mass is 242 g/mol. The van der Waals surface area contributed by atoms with Gasteiger partial charge >= 0.3 is 0 Å². The molecule has 3 N–H and O–H groups in total. The lowest BCUT2D eigenvalue weighted by Gasteiger charge is -2.50. The molecule has 0 aliphatic heterocycles. The molecule has 100 valence electrons. The highest BCUT2D eigenvalue weighted by atomic mass is 16.3. The van der Waals surface area contributed by atoms with Crippen molar-refractivity contribution in [3.8, 4) is 0 Å². The van der Waals surface area contributed by atoms with Gasteiger partial charge in [-0.3, -0.25) is 4.79 Å². The van der Waals surface area contributed by atoms with Crippen LogP contribution in [0.4, 0.5) is 0 Å². The molecule has 1 aliphatic carbocycles. The topological polar surface area (TPSA) is 61.4 Å². The number of nitrogens with one attached hydrogen (secondary N) is 2. The standard InChI is InChI=1S/C13H26N2O2/c1-8(2)7-14-12(17)9(3)15-10-6-11(16)13(10,4)5/h8-11,15-16H,6-7H2,1-5H3,(H,14,17). The minimum atomic E-state index is -0.258. The molecule has 0 aromatic carbocycles. The summed E-state index contributed by atoms with van der Waals surface area (Å²) in [6.07, 6.45) is 0.473. The predicted octanol–water partition coefficient (Wildman–Crippen LogP) is 0.896. The van der Waals surface area contributed by atoms with Crippen molar-refractivity contribution in [3.63, 3.8) is 0 Å². The second-order valence-electron chi connectivity index (χ2n) is 6.15. The largest absolute Gasteiger partial charge is 0.392 e. The van der Waals surface area contributed by atoms with Gasteiger partial charge in [-0.1, -0.05) is 27.7 Å². The highest BCUT2D eigenvalue weighted by molar-refractivity contribution is 5.81. The van der Waals surface area contributed by atoms with Gasteiger partial charge in [0.2, 0.25) is 5.91 Å². The Morgan fingerprint density at radius 1 is 1.41 bits per heavy atom. The van der Waals surface area contributed by atoms with Crippen LogP contribution >= 0.6 is 0 Å². The normalized spacial score (nSPS) is 28.6. The van der Waals surface area contributed by atoms with Gasteiger partial charge in [-0.25, -0.2) is 0 Å². The van der Waals surface area contributed by atoms with Crippen LogP contribution in [-0.2, 0) is 4.79 Å². The molecule has 0 heterocycles. The Balaban J connectivity index is 2.35. The van der Waals surface area contributed by atoms with Crippen LogP contribution < -0.4 is 10.6 Å². The fourth-order valence-corrected chi connectivity index (χ4v) is 2.02. The van der Waals surface area contributed by atoms with Gasteiger partial charge in [0.1, 0.15) is 0 Å². The average Bonchev–Trinajstić information content (AvgIpc) is 2.25. The maximum Gasteiger partial charge on any atom is 0.236 e. The second kappa shape index (κ2) is 5.36. The van der Waals surface area contributed by atoms with Crippen LogP contribution in [0.25, 0.3) is 0 Å². The molecule has 0 spiro atoms. The number of amides is 1. The number of carbonyl (C=O) groups is 1. The quantitative estimate of drug-likeness (QED) is 0.671. The lowest BCUT2D eigenvalue weighted by atomic mass is 9.64. The Bertz CT molecular complexity index is 277. The van der Waals surface area contributed by atoms with Crippen molar-refractivity contribution in [2.45, 2.75) is 59.2 Å². The van der Waals surface area contributed by atoms with E-state index in [2.05, 4.69) is 24.5 Å². The van der Waals surface area contributed by atoms with Crippen LogP contribution in [-0.4, -0.2) is 35.7 Å². The molecule has 1 fully saturated rings. The molecular weight excluding hydrogens is 216 g/mol. The molecule has 17 heavy (non-hydrogen) atoms. The fraction of sp³-hybridized carbons (Fsp3) is 0.923. The Hall–Kier alpha value is -0.610. The number of hydrogen-bond donors (Lipinski definition) is 3. The molecule has 0 saturated heterocycles. The zero-order chi connectivity index (χ0) is 13.2. The van der Waals surface area contributed by atoms with Crippen molar-refractivity contribution >= 4 is 5.91 Å². The summed E-state index contributed by atoms with van der Waals surface area (Å²) in [5.41, 5.74) is -0.132. The summed E-state index contributed by atoms with van der Waals surface area (Å²) in [6, 6.07) is 0.0165. The van der Waals surface area contributed by atoms with Gasteiger partial charge in [-0.15, -0.1) is 0 Å². The van der Waals surface area contributed by atoms with Gasteiger partial charge in [0, 0.05) is 18.0 Å². The highest BCUT2D eigenvalue weighted by Crippen LogP contribution is 2.40. The first-order valence-corrected chi connectivity index (χ1v) is 6.47. The zero-order valence-corrected chi connectivity index (χ0v) is 11.6. The van der Waals surface area contributed by atoms with E-state index in [0.29, 0.717) is 12.5 Å². The maximum atomic E-state index is 11.8. The van der Waals surface area contributed by atoms with E-state index in [-0.39, 0.29) is 29.5 Å². The first-order chi connectivity index (χ1) is 7.75. The number of hydrogen-bond acceptors (Lipinski definition) is 3. The summed E-state index contributed by atoms with van der Waals surface area (Å²) in [6.45, 7) is 10.8. The van der Waals surface area contributed by atoms with Crippen LogP contribution in [0.5, 0.6) is 0 Å². The number of rotatable bonds is 5. The maximum absolute atomic E-state index is 11.8. The minimum Gasteiger partial charge on any atom is -0.392 e. The zero-order valence-electron chi connectivity index (χ0n) is 11.6. The van der Waals surface area contributed by atoms with E-state index in [1.807, 2.05) is 20.8 Å². The molecule has 1 rings (SSSR count). The number of aliphatic hydroxyl groups excluding tert-OH is 1. The van der Waals surface area contributed by atoms with Crippen LogP contribution in [0.2, 0.25) is 0 Å².